The van der Waals surface area contributed by atoms with Crippen molar-refractivity contribution in [3.63, 3.8) is 0 Å². The Kier molecular flexibility index (Phi) is 5.39. The molecule has 1 aliphatic heterocycles. The average Bonchev–Trinajstić information content (AvgIpc) is 3.28. The highest BCUT2D eigenvalue weighted by Crippen LogP contribution is 2.27. The van der Waals surface area contributed by atoms with Crippen molar-refractivity contribution in [3.8, 4) is 5.75 Å². The topological polar surface area (TPSA) is 88.2 Å². The first kappa shape index (κ1) is 16.8. The number of hydrazine groups is 1. The van der Waals surface area contributed by atoms with Gasteiger partial charge in [0.05, 0.1) is 25.6 Å². The van der Waals surface area contributed by atoms with Gasteiger partial charge in [0.25, 0.3) is 0 Å². The largest absolute Gasteiger partial charge is 0.497 e. The summed E-state index contributed by atoms with van der Waals surface area (Å²) in [6, 6.07) is 7.66. The number of hydrogen-bond donors (Lipinski definition) is 3. The highest BCUT2D eigenvalue weighted by atomic mass is 32.1. The number of methoxy groups -OCH3 is 1. The summed E-state index contributed by atoms with van der Waals surface area (Å²) in [6.45, 7) is 3.03. The van der Waals surface area contributed by atoms with E-state index in [1.54, 1.807) is 7.11 Å². The van der Waals surface area contributed by atoms with Crippen LogP contribution in [0.2, 0.25) is 0 Å². The number of benzene rings is 1. The zero-order valence-corrected chi connectivity index (χ0v) is 14.5. The molecule has 1 amide bonds. The van der Waals surface area contributed by atoms with Crippen LogP contribution in [0, 0.1) is 5.92 Å². The second-order valence-corrected chi connectivity index (χ2v) is 6.69. The van der Waals surface area contributed by atoms with Gasteiger partial charge in [-0.25, -0.2) is 5.43 Å². The van der Waals surface area contributed by atoms with Crippen molar-refractivity contribution in [2.24, 2.45) is 5.92 Å². The van der Waals surface area contributed by atoms with E-state index >= 15 is 0 Å². The molecule has 2 aromatic rings. The van der Waals surface area contributed by atoms with Crippen molar-refractivity contribution in [3.05, 3.63) is 39.8 Å². The van der Waals surface area contributed by atoms with E-state index in [9.17, 15) is 4.79 Å². The number of ether oxygens (including phenoxy) is 1. The minimum absolute atomic E-state index is 0.00596. The molecule has 8 heteroatoms. The smallest absolute Gasteiger partial charge is 0.226 e. The Morgan fingerprint density at radius 3 is 3.00 bits per heavy atom. The minimum Gasteiger partial charge on any atom is -0.497 e. The number of rotatable bonds is 6. The third kappa shape index (κ3) is 3.72. The Balaban J connectivity index is 1.64. The molecular weight excluding hydrogens is 326 g/mol. The van der Waals surface area contributed by atoms with Crippen molar-refractivity contribution in [1.29, 1.82) is 0 Å². The van der Waals surface area contributed by atoms with Crippen molar-refractivity contribution in [2.75, 3.05) is 13.7 Å². The Morgan fingerprint density at radius 2 is 2.25 bits per heavy atom. The molecule has 2 atom stereocenters. The molecule has 128 valence electrons. The van der Waals surface area contributed by atoms with E-state index < -0.39 is 0 Å². The van der Waals surface area contributed by atoms with Gasteiger partial charge in [0, 0.05) is 6.54 Å². The lowest BCUT2D eigenvalue weighted by molar-refractivity contribution is -0.125. The fourth-order valence-corrected chi connectivity index (χ4v) is 3.41. The quantitative estimate of drug-likeness (QED) is 0.727. The van der Waals surface area contributed by atoms with Gasteiger partial charge in [0.1, 0.15) is 15.8 Å². The normalized spacial score (nSPS) is 20.1. The maximum atomic E-state index is 12.6. The third-order valence-electron chi connectivity index (χ3n) is 4.00. The molecule has 1 aromatic heterocycles. The lowest BCUT2D eigenvalue weighted by atomic mass is 9.94. The summed E-state index contributed by atoms with van der Waals surface area (Å²) < 4.78 is 5.27. The minimum atomic E-state index is -0.198. The van der Waals surface area contributed by atoms with E-state index in [-0.39, 0.29) is 17.9 Å². The van der Waals surface area contributed by atoms with Crippen molar-refractivity contribution in [1.82, 2.24) is 26.4 Å². The molecule has 1 aromatic carbocycles. The maximum absolute atomic E-state index is 12.6. The van der Waals surface area contributed by atoms with Crippen LogP contribution in [0.15, 0.2) is 24.3 Å². The summed E-state index contributed by atoms with van der Waals surface area (Å²) in [6.07, 6.45) is 0.861. The lowest BCUT2D eigenvalue weighted by Crippen LogP contribution is -2.34. The van der Waals surface area contributed by atoms with Gasteiger partial charge in [-0.15, -0.1) is 10.2 Å². The van der Waals surface area contributed by atoms with Crippen LogP contribution in [-0.4, -0.2) is 29.8 Å². The number of nitrogens with zero attached hydrogens (tertiary/aromatic N) is 2. The molecule has 3 rings (SSSR count). The Bertz CT molecular complexity index is 705. The summed E-state index contributed by atoms with van der Waals surface area (Å²) in [7, 11) is 1.64. The molecular formula is C16H21N5O2S. The van der Waals surface area contributed by atoms with Crippen LogP contribution >= 0.6 is 11.3 Å². The molecule has 0 bridgehead atoms. The standard InChI is InChI=1S/C16H21N5O2S/c1-3-13-19-20-14(24-13)9-17-16(22)12-8-18-21-15(12)10-5-4-6-11(7-10)23-2/h4-7,12,15,18,21H,3,8-9H2,1-2H3,(H,17,22). The van der Waals surface area contributed by atoms with Gasteiger partial charge in [-0.1, -0.05) is 30.4 Å². The van der Waals surface area contributed by atoms with Gasteiger partial charge < -0.3 is 10.1 Å². The Hall–Kier alpha value is -2.03. The molecule has 0 spiro atoms. The molecule has 7 nitrogen and oxygen atoms in total. The number of carbonyl (C=O) groups is 1. The van der Waals surface area contributed by atoms with Gasteiger partial charge in [-0.2, -0.15) is 0 Å². The zero-order valence-electron chi connectivity index (χ0n) is 13.7. The second-order valence-electron chi connectivity index (χ2n) is 5.55. The SMILES string of the molecule is CCc1nnc(CNC(=O)C2CNNC2c2cccc(OC)c2)s1. The lowest BCUT2D eigenvalue weighted by Gasteiger charge is -2.18. The van der Waals surface area contributed by atoms with E-state index in [1.807, 2.05) is 31.2 Å². The van der Waals surface area contributed by atoms with Crippen molar-refractivity contribution < 1.29 is 9.53 Å². The van der Waals surface area contributed by atoms with Gasteiger partial charge >= 0.3 is 0 Å². The maximum Gasteiger partial charge on any atom is 0.226 e. The van der Waals surface area contributed by atoms with E-state index in [0.29, 0.717) is 13.1 Å². The number of carbonyl (C=O) groups excluding carboxylic acids is 1. The van der Waals surface area contributed by atoms with Crippen molar-refractivity contribution in [2.45, 2.75) is 25.9 Å². The number of aromatic nitrogens is 2. The van der Waals surface area contributed by atoms with Gasteiger partial charge in [0.15, 0.2) is 0 Å². The average molecular weight is 347 g/mol. The Labute approximate surface area is 144 Å². The molecule has 0 saturated carbocycles. The molecule has 0 aliphatic carbocycles. The van der Waals surface area contributed by atoms with Gasteiger partial charge in [-0.3, -0.25) is 10.2 Å². The summed E-state index contributed by atoms with van der Waals surface area (Å²) in [5.41, 5.74) is 7.27. The first-order chi connectivity index (χ1) is 11.7. The van der Waals surface area contributed by atoms with E-state index in [4.69, 9.17) is 4.74 Å². The van der Waals surface area contributed by atoms with E-state index in [2.05, 4.69) is 26.4 Å². The monoisotopic (exact) mass is 347 g/mol. The second kappa shape index (κ2) is 7.69. The summed E-state index contributed by atoms with van der Waals surface area (Å²) >= 11 is 1.53. The van der Waals surface area contributed by atoms with Crippen LogP contribution in [-0.2, 0) is 17.8 Å². The van der Waals surface area contributed by atoms with Gasteiger partial charge in [-0.05, 0) is 24.1 Å². The van der Waals surface area contributed by atoms with E-state index in [0.717, 1.165) is 27.7 Å². The van der Waals surface area contributed by atoms with Crippen LogP contribution < -0.4 is 20.9 Å². The highest BCUT2D eigenvalue weighted by molar-refractivity contribution is 7.11. The molecule has 24 heavy (non-hydrogen) atoms. The molecule has 2 unspecified atom stereocenters. The summed E-state index contributed by atoms with van der Waals surface area (Å²) in [4.78, 5) is 12.6. The van der Waals surface area contributed by atoms with Crippen molar-refractivity contribution >= 4 is 17.2 Å². The molecule has 3 N–H and O–H groups in total. The number of nitrogens with one attached hydrogen (secondary N) is 3. The predicted molar refractivity (Wildman–Crippen MR) is 91.5 cm³/mol. The summed E-state index contributed by atoms with van der Waals surface area (Å²) in [5, 5.41) is 12.9. The molecule has 0 radical (unpaired) electrons. The first-order valence-electron chi connectivity index (χ1n) is 7.92. The summed E-state index contributed by atoms with van der Waals surface area (Å²) in [5.74, 6) is 0.575. The number of hydrogen-bond acceptors (Lipinski definition) is 7. The highest BCUT2D eigenvalue weighted by Gasteiger charge is 2.34. The van der Waals surface area contributed by atoms with Crippen LogP contribution in [0.3, 0.4) is 0 Å². The fourth-order valence-electron chi connectivity index (χ4n) is 2.69. The fraction of sp³-hybridized carbons (Fsp3) is 0.438. The van der Waals surface area contributed by atoms with Crippen LogP contribution in [0.4, 0.5) is 0 Å². The van der Waals surface area contributed by atoms with Crippen LogP contribution in [0.25, 0.3) is 0 Å². The molecule has 1 saturated heterocycles. The number of amides is 1. The molecule has 2 heterocycles. The Morgan fingerprint density at radius 1 is 1.42 bits per heavy atom. The number of aryl methyl sites for hydroxylation is 1. The molecule has 1 aliphatic rings. The third-order valence-corrected chi connectivity index (χ3v) is 5.06. The van der Waals surface area contributed by atoms with Gasteiger partial charge in [0.2, 0.25) is 5.91 Å². The van der Waals surface area contributed by atoms with E-state index in [1.165, 1.54) is 11.3 Å². The zero-order chi connectivity index (χ0) is 16.9. The first-order valence-corrected chi connectivity index (χ1v) is 8.74. The van der Waals surface area contributed by atoms with Crippen LogP contribution in [0.5, 0.6) is 5.75 Å². The van der Waals surface area contributed by atoms with Crippen LogP contribution in [0.1, 0.15) is 28.5 Å². The predicted octanol–water partition coefficient (Wildman–Crippen LogP) is 1.19. The molecule has 1 fully saturated rings.